The van der Waals surface area contributed by atoms with Crippen molar-refractivity contribution in [3.63, 3.8) is 0 Å². The molecule has 2 N–H and O–H groups in total. The highest BCUT2D eigenvalue weighted by atomic mass is 16.5. The van der Waals surface area contributed by atoms with Gasteiger partial charge in [0, 0.05) is 11.8 Å². The van der Waals surface area contributed by atoms with E-state index in [1.807, 2.05) is 37.3 Å². The average molecular weight is 373 g/mol. The number of hydrogen-bond donors (Lipinski definition) is 2. The van der Waals surface area contributed by atoms with Crippen molar-refractivity contribution < 1.29 is 9.53 Å². The van der Waals surface area contributed by atoms with E-state index in [0.29, 0.717) is 35.2 Å². The van der Waals surface area contributed by atoms with Gasteiger partial charge in [0.2, 0.25) is 0 Å². The summed E-state index contributed by atoms with van der Waals surface area (Å²) in [5, 5.41) is 14.9. The van der Waals surface area contributed by atoms with E-state index in [1.165, 1.54) is 0 Å². The van der Waals surface area contributed by atoms with E-state index in [0.717, 1.165) is 5.69 Å². The van der Waals surface area contributed by atoms with Gasteiger partial charge >= 0.3 is 0 Å². The fourth-order valence-electron chi connectivity index (χ4n) is 2.60. The molecule has 3 aromatic rings. The number of hydrogen-bond acceptors (Lipinski definition) is 6. The predicted octanol–water partition coefficient (Wildman–Crippen LogP) is 4.05. The van der Waals surface area contributed by atoms with Gasteiger partial charge in [0.25, 0.3) is 5.91 Å². The molecule has 1 aromatic heterocycles. The number of nitrogens with zero attached hydrogens (tertiary/aromatic N) is 3. The van der Waals surface area contributed by atoms with E-state index in [9.17, 15) is 4.79 Å². The molecule has 7 nitrogen and oxygen atoms in total. The van der Waals surface area contributed by atoms with Gasteiger partial charge < -0.3 is 15.4 Å². The third-order valence-electron chi connectivity index (χ3n) is 3.77. The van der Waals surface area contributed by atoms with Gasteiger partial charge in [0.15, 0.2) is 0 Å². The quantitative estimate of drug-likeness (QED) is 0.676. The maximum Gasteiger partial charge on any atom is 0.274 e. The molecule has 1 heterocycles. The maximum atomic E-state index is 12.6. The molecule has 0 aliphatic carbocycles. The average Bonchev–Trinajstić information content (AvgIpc) is 2.69. The highest BCUT2D eigenvalue weighted by Crippen LogP contribution is 2.27. The summed E-state index contributed by atoms with van der Waals surface area (Å²) in [5.74, 6) is 1.24. The first kappa shape index (κ1) is 18.9. The van der Waals surface area contributed by atoms with Crippen LogP contribution in [0.15, 0.2) is 54.6 Å². The summed E-state index contributed by atoms with van der Waals surface area (Å²) in [5.41, 5.74) is 1.95. The number of para-hydroxylation sites is 2. The first-order valence-electron chi connectivity index (χ1n) is 8.75. The van der Waals surface area contributed by atoms with Crippen LogP contribution in [0, 0.1) is 18.3 Å². The second kappa shape index (κ2) is 8.64. The molecule has 0 atom stereocenters. The molecular formula is C21H19N5O2. The van der Waals surface area contributed by atoms with E-state index < -0.39 is 0 Å². The molecule has 2 aromatic carbocycles. The van der Waals surface area contributed by atoms with Crippen LogP contribution in [0.3, 0.4) is 0 Å². The number of carbonyl (C=O) groups is 1. The van der Waals surface area contributed by atoms with E-state index in [2.05, 4.69) is 20.6 Å². The predicted molar refractivity (Wildman–Crippen MR) is 107 cm³/mol. The largest absolute Gasteiger partial charge is 0.492 e. The van der Waals surface area contributed by atoms with Crippen LogP contribution in [0.1, 0.15) is 28.8 Å². The van der Waals surface area contributed by atoms with Gasteiger partial charge in [-0.1, -0.05) is 18.2 Å². The number of nitrogens with one attached hydrogen (secondary N) is 2. The molecule has 0 bridgehead atoms. The zero-order valence-electron chi connectivity index (χ0n) is 15.6. The number of ether oxygens (including phenoxy) is 1. The van der Waals surface area contributed by atoms with Crippen LogP contribution in [0.25, 0.3) is 0 Å². The second-order valence-electron chi connectivity index (χ2n) is 5.89. The number of carbonyl (C=O) groups excluding carboxylic acids is 1. The maximum absolute atomic E-state index is 12.6. The summed E-state index contributed by atoms with van der Waals surface area (Å²) in [4.78, 5) is 21.2. The molecule has 0 saturated carbocycles. The fraction of sp³-hybridized carbons (Fsp3) is 0.143. The zero-order chi connectivity index (χ0) is 19.9. The Morgan fingerprint density at radius 1 is 1.14 bits per heavy atom. The van der Waals surface area contributed by atoms with Gasteiger partial charge in [-0.05, 0) is 44.2 Å². The number of benzene rings is 2. The van der Waals surface area contributed by atoms with Crippen LogP contribution in [0.5, 0.6) is 5.75 Å². The van der Waals surface area contributed by atoms with Gasteiger partial charge in [0.1, 0.15) is 23.1 Å². The van der Waals surface area contributed by atoms with Crippen LogP contribution in [-0.4, -0.2) is 22.5 Å². The van der Waals surface area contributed by atoms with Crippen LogP contribution >= 0.6 is 0 Å². The van der Waals surface area contributed by atoms with Crippen molar-refractivity contribution in [3.05, 3.63) is 71.7 Å². The van der Waals surface area contributed by atoms with Crippen molar-refractivity contribution in [2.75, 3.05) is 17.2 Å². The van der Waals surface area contributed by atoms with Crippen molar-refractivity contribution in [2.24, 2.45) is 0 Å². The van der Waals surface area contributed by atoms with E-state index >= 15 is 0 Å². The lowest BCUT2D eigenvalue weighted by Crippen LogP contribution is -2.15. The van der Waals surface area contributed by atoms with Crippen molar-refractivity contribution in [1.82, 2.24) is 9.97 Å². The van der Waals surface area contributed by atoms with Crippen molar-refractivity contribution in [2.45, 2.75) is 13.8 Å². The minimum atomic E-state index is -0.387. The first-order valence-corrected chi connectivity index (χ1v) is 8.75. The van der Waals surface area contributed by atoms with E-state index in [1.54, 1.807) is 37.3 Å². The molecule has 7 heteroatoms. The van der Waals surface area contributed by atoms with Crippen LogP contribution < -0.4 is 15.4 Å². The highest BCUT2D eigenvalue weighted by Gasteiger charge is 2.12. The summed E-state index contributed by atoms with van der Waals surface area (Å²) < 4.78 is 5.61. The van der Waals surface area contributed by atoms with Gasteiger partial charge in [-0.25, -0.2) is 9.97 Å². The second-order valence-corrected chi connectivity index (χ2v) is 5.89. The normalized spacial score (nSPS) is 10.0. The van der Waals surface area contributed by atoms with Crippen LogP contribution in [-0.2, 0) is 0 Å². The summed E-state index contributed by atoms with van der Waals surface area (Å²) >= 11 is 0. The van der Waals surface area contributed by atoms with Gasteiger partial charge in [-0.3, -0.25) is 4.79 Å². The number of rotatable bonds is 6. The van der Waals surface area contributed by atoms with Gasteiger partial charge in [0.05, 0.1) is 23.9 Å². The highest BCUT2D eigenvalue weighted by molar-refractivity contribution is 6.03. The third-order valence-corrected chi connectivity index (χ3v) is 3.77. The van der Waals surface area contributed by atoms with Crippen LogP contribution in [0.2, 0.25) is 0 Å². The molecule has 140 valence electrons. The number of nitriles is 1. The molecule has 3 rings (SSSR count). The standard InChI is InChI=1S/C21H19N5O2/c1-3-28-19-10-5-4-9-17(19)26-20-12-18(23-14(2)24-20)21(27)25-16-8-6-7-15(11-16)13-22/h4-12H,3H2,1-2H3,(H,25,27)(H,23,24,26). The lowest BCUT2D eigenvalue weighted by atomic mass is 10.2. The van der Waals surface area contributed by atoms with E-state index in [4.69, 9.17) is 10.00 Å². The Hall–Kier alpha value is -3.92. The molecule has 0 fully saturated rings. The third kappa shape index (κ3) is 4.62. The van der Waals surface area contributed by atoms with Crippen LogP contribution in [0.4, 0.5) is 17.2 Å². The lowest BCUT2D eigenvalue weighted by molar-refractivity contribution is 0.102. The molecule has 0 aliphatic heterocycles. The number of amides is 1. The molecule has 0 spiro atoms. The molecule has 0 saturated heterocycles. The van der Waals surface area contributed by atoms with Gasteiger partial charge in [-0.15, -0.1) is 0 Å². The van der Waals surface area contributed by atoms with Crippen molar-refractivity contribution in [1.29, 1.82) is 5.26 Å². The molecule has 0 unspecified atom stereocenters. The SMILES string of the molecule is CCOc1ccccc1Nc1cc(C(=O)Nc2cccc(C#N)c2)nc(C)n1. The summed E-state index contributed by atoms with van der Waals surface area (Å²) in [7, 11) is 0. The monoisotopic (exact) mass is 373 g/mol. The van der Waals surface area contributed by atoms with Crippen molar-refractivity contribution >= 4 is 23.1 Å². The Bertz CT molecular complexity index is 1040. The molecule has 0 radical (unpaired) electrons. The topological polar surface area (TPSA) is 99.9 Å². The minimum absolute atomic E-state index is 0.214. The van der Waals surface area contributed by atoms with Crippen molar-refractivity contribution in [3.8, 4) is 11.8 Å². The number of aryl methyl sites for hydroxylation is 1. The van der Waals surface area contributed by atoms with Gasteiger partial charge in [-0.2, -0.15) is 5.26 Å². The molecular weight excluding hydrogens is 354 g/mol. The molecule has 0 aliphatic rings. The summed E-state index contributed by atoms with van der Waals surface area (Å²) in [6.07, 6.45) is 0. The first-order chi connectivity index (χ1) is 13.6. The Kier molecular flexibility index (Phi) is 5.82. The summed E-state index contributed by atoms with van der Waals surface area (Å²) in [6.45, 7) is 4.17. The Labute approximate surface area is 163 Å². The lowest BCUT2D eigenvalue weighted by Gasteiger charge is -2.13. The molecule has 28 heavy (non-hydrogen) atoms. The fourth-order valence-corrected chi connectivity index (χ4v) is 2.60. The summed E-state index contributed by atoms with van der Waals surface area (Å²) in [6, 6.07) is 17.8. The Morgan fingerprint density at radius 3 is 2.75 bits per heavy atom. The Morgan fingerprint density at radius 2 is 1.96 bits per heavy atom. The van der Waals surface area contributed by atoms with E-state index in [-0.39, 0.29) is 11.6 Å². The number of aromatic nitrogens is 2. The minimum Gasteiger partial charge on any atom is -0.492 e. The number of anilines is 3. The Balaban J connectivity index is 1.83. The zero-order valence-corrected chi connectivity index (χ0v) is 15.6. The molecule has 1 amide bonds. The smallest absolute Gasteiger partial charge is 0.274 e.